The number of hydrogen-bond acceptors (Lipinski definition) is 7. The molecule has 1 aromatic carbocycles. The lowest BCUT2D eigenvalue weighted by Crippen LogP contribution is -2.54. The lowest BCUT2D eigenvalue weighted by Gasteiger charge is -2.40. The van der Waals surface area contributed by atoms with Crippen molar-refractivity contribution < 1.29 is 9.90 Å². The number of rotatable bonds is 7. The molecule has 4 heterocycles. The van der Waals surface area contributed by atoms with E-state index in [1.54, 1.807) is 9.47 Å². The third-order valence-corrected chi connectivity index (χ3v) is 8.71. The molecular formula is C31H39ClN6O3. The Morgan fingerprint density at radius 1 is 1.12 bits per heavy atom. The fourth-order valence-electron chi connectivity index (χ4n) is 6.25. The number of halogens is 1. The number of pyridine rings is 1. The summed E-state index contributed by atoms with van der Waals surface area (Å²) in [6, 6.07) is 7.92. The van der Waals surface area contributed by atoms with Crippen LogP contribution < -0.4 is 15.5 Å². The first-order valence-electron chi connectivity index (χ1n) is 14.6. The summed E-state index contributed by atoms with van der Waals surface area (Å²) in [6.07, 6.45) is 4.72. The van der Waals surface area contributed by atoms with E-state index < -0.39 is 5.69 Å². The van der Waals surface area contributed by atoms with Gasteiger partial charge in [0.25, 0.3) is 0 Å². The van der Waals surface area contributed by atoms with Crippen LogP contribution in [0.4, 0.5) is 11.6 Å². The van der Waals surface area contributed by atoms with E-state index in [2.05, 4.69) is 35.2 Å². The van der Waals surface area contributed by atoms with Gasteiger partial charge in [0, 0.05) is 45.4 Å². The van der Waals surface area contributed by atoms with Crippen LogP contribution in [0.5, 0.6) is 0 Å². The van der Waals surface area contributed by atoms with Gasteiger partial charge in [-0.05, 0) is 61.8 Å². The van der Waals surface area contributed by atoms with Gasteiger partial charge in [-0.25, -0.2) is 14.3 Å². The van der Waals surface area contributed by atoms with Crippen LogP contribution in [0.2, 0.25) is 5.02 Å². The highest BCUT2D eigenvalue weighted by Gasteiger charge is 2.31. The maximum Gasteiger partial charge on any atom is 0.355 e. The second-order valence-corrected chi connectivity index (χ2v) is 11.4. The van der Waals surface area contributed by atoms with Crippen LogP contribution in [0.15, 0.2) is 41.7 Å². The predicted molar refractivity (Wildman–Crippen MR) is 165 cm³/mol. The molecular weight excluding hydrogens is 540 g/mol. The van der Waals surface area contributed by atoms with Gasteiger partial charge in [0.05, 0.1) is 16.1 Å². The Kier molecular flexibility index (Phi) is 8.66. The molecule has 2 saturated heterocycles. The lowest BCUT2D eigenvalue weighted by atomic mass is 9.99. The van der Waals surface area contributed by atoms with E-state index in [1.807, 2.05) is 31.2 Å². The van der Waals surface area contributed by atoms with Crippen LogP contribution in [0.25, 0.3) is 16.7 Å². The first-order valence-corrected chi connectivity index (χ1v) is 15.0. The molecule has 2 fully saturated rings. The molecule has 9 nitrogen and oxygen atoms in total. The summed E-state index contributed by atoms with van der Waals surface area (Å²) in [6.45, 7) is 12.9. The number of aliphatic hydroxyl groups is 1. The zero-order valence-electron chi connectivity index (χ0n) is 24.1. The Hall–Kier alpha value is -3.43. The summed E-state index contributed by atoms with van der Waals surface area (Å²) in [7, 11) is 0. The average molecular weight is 579 g/mol. The smallest absolute Gasteiger partial charge is 0.355 e. The van der Waals surface area contributed by atoms with E-state index >= 15 is 0 Å². The molecule has 10 heteroatoms. The van der Waals surface area contributed by atoms with Gasteiger partial charge in [-0.2, -0.15) is 4.98 Å². The number of piperidine rings is 1. The molecule has 218 valence electrons. The van der Waals surface area contributed by atoms with Crippen LogP contribution in [0, 0.1) is 5.92 Å². The minimum atomic E-state index is -0.396. The first-order chi connectivity index (χ1) is 19.8. The molecule has 3 aromatic rings. The standard InChI is InChI=1S/C31H39ClN6O3/c1-5-22-11-8-12-23(6-2)27(22)38-29-24(16-25(32)30(33-29)36-13-9-10-21(18-36)19-39)28(34-31(38)41)37-15-14-35(17-20(37)4)26(40)7-3/h7-8,11-12,16,20-21,39H,3,5-6,9-10,13-15,17-19H2,1-2,4H3. The van der Waals surface area contributed by atoms with E-state index in [4.69, 9.17) is 16.6 Å². The van der Waals surface area contributed by atoms with Gasteiger partial charge in [0.15, 0.2) is 5.65 Å². The number of piperazine rings is 1. The number of carbonyl (C=O) groups excluding carboxylic acids is 1. The minimum Gasteiger partial charge on any atom is -0.396 e. The van der Waals surface area contributed by atoms with Gasteiger partial charge < -0.3 is 19.8 Å². The predicted octanol–water partition coefficient (Wildman–Crippen LogP) is 3.99. The Morgan fingerprint density at radius 3 is 2.49 bits per heavy atom. The van der Waals surface area contributed by atoms with Crippen molar-refractivity contribution in [1.29, 1.82) is 0 Å². The van der Waals surface area contributed by atoms with E-state index in [-0.39, 0.29) is 24.5 Å². The van der Waals surface area contributed by atoms with Gasteiger partial charge in [-0.15, -0.1) is 0 Å². The molecule has 0 radical (unpaired) electrons. The van der Waals surface area contributed by atoms with E-state index in [0.29, 0.717) is 53.9 Å². The number of carbonyl (C=O) groups is 1. The number of aliphatic hydroxyl groups excluding tert-OH is 1. The molecule has 2 aromatic heterocycles. The van der Waals surface area contributed by atoms with Crippen molar-refractivity contribution in [2.24, 2.45) is 5.92 Å². The zero-order chi connectivity index (χ0) is 29.3. The van der Waals surface area contributed by atoms with Crippen LogP contribution in [0.1, 0.15) is 44.7 Å². The topological polar surface area (TPSA) is 94.8 Å². The van der Waals surface area contributed by atoms with E-state index in [0.717, 1.165) is 49.0 Å². The summed E-state index contributed by atoms with van der Waals surface area (Å²) in [4.78, 5) is 42.1. The van der Waals surface area contributed by atoms with Gasteiger partial charge in [-0.1, -0.05) is 50.2 Å². The van der Waals surface area contributed by atoms with Crippen LogP contribution in [-0.2, 0) is 17.6 Å². The SMILES string of the molecule is C=CC(=O)N1CCN(c2nc(=O)n(-c3c(CC)cccc3CC)c3nc(N4CCCC(CO)C4)c(Cl)cc23)C(C)C1. The molecule has 0 saturated carbocycles. The zero-order valence-corrected chi connectivity index (χ0v) is 24.9. The Labute approximate surface area is 246 Å². The molecule has 5 rings (SSSR count). The number of benzene rings is 1. The van der Waals surface area contributed by atoms with Crippen molar-refractivity contribution in [3.05, 3.63) is 63.6 Å². The Balaban J connectivity index is 1.74. The summed E-state index contributed by atoms with van der Waals surface area (Å²) in [5, 5.41) is 11.0. The van der Waals surface area contributed by atoms with E-state index in [1.165, 1.54) is 6.08 Å². The Morgan fingerprint density at radius 2 is 1.85 bits per heavy atom. The van der Waals surface area contributed by atoms with Crippen molar-refractivity contribution in [2.75, 3.05) is 49.1 Å². The number of para-hydroxylation sites is 1. The normalized spacial score (nSPS) is 19.6. The summed E-state index contributed by atoms with van der Waals surface area (Å²) in [5.74, 6) is 1.18. The van der Waals surface area contributed by atoms with Gasteiger partial charge in [0.1, 0.15) is 11.6 Å². The molecule has 41 heavy (non-hydrogen) atoms. The quantitative estimate of drug-likeness (QED) is 0.424. The number of aromatic nitrogens is 3. The lowest BCUT2D eigenvalue weighted by molar-refractivity contribution is -0.126. The molecule has 2 aliphatic rings. The maximum absolute atomic E-state index is 14.1. The fraction of sp³-hybridized carbons (Fsp3) is 0.484. The molecule has 1 N–H and O–H groups in total. The van der Waals surface area contributed by atoms with Crippen molar-refractivity contribution >= 4 is 40.2 Å². The number of aryl methyl sites for hydroxylation is 2. The van der Waals surface area contributed by atoms with Crippen molar-refractivity contribution in [3.63, 3.8) is 0 Å². The van der Waals surface area contributed by atoms with E-state index in [9.17, 15) is 14.7 Å². The van der Waals surface area contributed by atoms with Crippen molar-refractivity contribution in [3.8, 4) is 5.69 Å². The van der Waals surface area contributed by atoms with Crippen LogP contribution in [0.3, 0.4) is 0 Å². The van der Waals surface area contributed by atoms with Gasteiger partial charge >= 0.3 is 5.69 Å². The molecule has 1 amide bonds. The van der Waals surface area contributed by atoms with Crippen LogP contribution >= 0.6 is 11.6 Å². The second kappa shape index (κ2) is 12.2. The molecule has 2 unspecified atom stereocenters. The minimum absolute atomic E-state index is 0.0846. The highest BCUT2D eigenvalue weighted by Crippen LogP contribution is 2.36. The summed E-state index contributed by atoms with van der Waals surface area (Å²) >= 11 is 6.95. The average Bonchev–Trinajstić information content (AvgIpc) is 3.00. The largest absolute Gasteiger partial charge is 0.396 e. The Bertz CT molecular complexity index is 1500. The molecule has 0 bridgehead atoms. The first kappa shape index (κ1) is 29.1. The maximum atomic E-state index is 14.1. The number of hydrogen-bond donors (Lipinski definition) is 1. The molecule has 2 aliphatic heterocycles. The summed E-state index contributed by atoms with van der Waals surface area (Å²) < 4.78 is 1.66. The third-order valence-electron chi connectivity index (χ3n) is 8.43. The molecule has 2 atom stereocenters. The van der Waals surface area contributed by atoms with Gasteiger partial charge in [-0.3, -0.25) is 4.79 Å². The number of nitrogens with zero attached hydrogens (tertiary/aromatic N) is 6. The monoisotopic (exact) mass is 578 g/mol. The number of fused-ring (bicyclic) bond motifs is 1. The second-order valence-electron chi connectivity index (χ2n) is 11.0. The molecule has 0 spiro atoms. The summed E-state index contributed by atoms with van der Waals surface area (Å²) in [5.41, 5.74) is 3.03. The van der Waals surface area contributed by atoms with Crippen molar-refractivity contribution in [1.82, 2.24) is 19.4 Å². The number of amides is 1. The fourth-order valence-corrected chi connectivity index (χ4v) is 6.52. The van der Waals surface area contributed by atoms with Crippen molar-refractivity contribution in [2.45, 2.75) is 52.5 Å². The molecule has 0 aliphatic carbocycles. The highest BCUT2D eigenvalue weighted by molar-refractivity contribution is 6.33. The highest BCUT2D eigenvalue weighted by atomic mass is 35.5. The third kappa shape index (κ3) is 5.45. The van der Waals surface area contributed by atoms with Gasteiger partial charge in [0.2, 0.25) is 5.91 Å². The van der Waals surface area contributed by atoms with Crippen LogP contribution in [-0.4, -0.2) is 75.8 Å². The number of anilines is 2.